The molecule has 0 radical (unpaired) electrons. The third kappa shape index (κ3) is 3.45. The van der Waals surface area contributed by atoms with E-state index in [9.17, 15) is 0 Å². The van der Waals surface area contributed by atoms with Crippen LogP contribution >= 0.6 is 0 Å². The Balaban J connectivity index is 1.81. The highest BCUT2D eigenvalue weighted by atomic mass is 16.5. The Bertz CT molecular complexity index is 817. The van der Waals surface area contributed by atoms with E-state index in [2.05, 4.69) is 36.6 Å². The maximum absolute atomic E-state index is 5.98. The van der Waals surface area contributed by atoms with E-state index in [0.717, 1.165) is 34.8 Å². The van der Waals surface area contributed by atoms with Gasteiger partial charge in [-0.1, -0.05) is 30.8 Å². The van der Waals surface area contributed by atoms with Crippen molar-refractivity contribution in [3.8, 4) is 28.4 Å². The molecule has 2 nitrogen and oxygen atoms in total. The highest BCUT2D eigenvalue weighted by Gasteiger charge is 2.07. The van der Waals surface area contributed by atoms with Crippen molar-refractivity contribution in [3.63, 3.8) is 0 Å². The van der Waals surface area contributed by atoms with Crippen molar-refractivity contribution in [2.75, 3.05) is 7.11 Å². The normalized spacial score (nSPS) is 10.1. The smallest absolute Gasteiger partial charge is 0.134 e. The predicted molar refractivity (Wildman–Crippen MR) is 93.5 cm³/mol. The van der Waals surface area contributed by atoms with Gasteiger partial charge in [-0.15, -0.1) is 5.73 Å². The second-order valence-corrected chi connectivity index (χ2v) is 5.20. The summed E-state index contributed by atoms with van der Waals surface area (Å²) in [5.41, 5.74) is 6.12. The van der Waals surface area contributed by atoms with Crippen molar-refractivity contribution in [3.05, 3.63) is 84.6 Å². The molecule has 0 atom stereocenters. The molecular formula is C21H18O2. The van der Waals surface area contributed by atoms with Gasteiger partial charge in [0.15, 0.2) is 0 Å². The van der Waals surface area contributed by atoms with Gasteiger partial charge in [0, 0.05) is 11.1 Å². The van der Waals surface area contributed by atoms with Crippen molar-refractivity contribution < 1.29 is 9.15 Å². The minimum atomic E-state index is 0.838. The van der Waals surface area contributed by atoms with Gasteiger partial charge in [0.1, 0.15) is 17.3 Å². The molecule has 0 unspecified atom stereocenters. The van der Waals surface area contributed by atoms with Gasteiger partial charge in [-0.05, 0) is 54.5 Å². The maximum Gasteiger partial charge on any atom is 0.134 e. The first-order chi connectivity index (χ1) is 11.3. The zero-order valence-electron chi connectivity index (χ0n) is 13.1. The van der Waals surface area contributed by atoms with Crippen LogP contribution in [0, 0.1) is 0 Å². The van der Waals surface area contributed by atoms with Crippen LogP contribution < -0.4 is 4.74 Å². The zero-order chi connectivity index (χ0) is 16.1. The summed E-state index contributed by atoms with van der Waals surface area (Å²) in [6.07, 6.45) is 2.77. The first kappa shape index (κ1) is 15.0. The second kappa shape index (κ2) is 6.87. The van der Waals surface area contributed by atoms with Gasteiger partial charge in [-0.2, -0.15) is 0 Å². The van der Waals surface area contributed by atoms with Gasteiger partial charge >= 0.3 is 0 Å². The number of benzene rings is 2. The molecule has 0 bridgehead atoms. The summed E-state index contributed by atoms with van der Waals surface area (Å²) in [5, 5.41) is 0. The van der Waals surface area contributed by atoms with E-state index in [0.29, 0.717) is 0 Å². The van der Waals surface area contributed by atoms with E-state index >= 15 is 0 Å². The van der Waals surface area contributed by atoms with E-state index in [4.69, 9.17) is 9.15 Å². The molecule has 0 aliphatic rings. The largest absolute Gasteiger partial charge is 0.497 e. The van der Waals surface area contributed by atoms with E-state index in [1.165, 1.54) is 5.56 Å². The molecule has 0 fully saturated rings. The van der Waals surface area contributed by atoms with E-state index < -0.39 is 0 Å². The van der Waals surface area contributed by atoms with Gasteiger partial charge in [0.05, 0.1) is 7.11 Å². The van der Waals surface area contributed by atoms with E-state index in [1.54, 1.807) is 7.11 Å². The number of hydrogen-bond donors (Lipinski definition) is 0. The van der Waals surface area contributed by atoms with E-state index in [-0.39, 0.29) is 0 Å². The number of furan rings is 1. The molecule has 0 spiro atoms. The average Bonchev–Trinajstić information content (AvgIpc) is 3.10. The molecule has 114 valence electrons. The maximum atomic E-state index is 5.98. The molecule has 2 heteroatoms. The van der Waals surface area contributed by atoms with E-state index in [1.807, 2.05) is 42.5 Å². The first-order valence-electron chi connectivity index (χ1n) is 7.48. The molecule has 0 aliphatic heterocycles. The Hall–Kier alpha value is -2.96. The molecule has 1 aromatic heterocycles. The fourth-order valence-electron chi connectivity index (χ4n) is 2.40. The van der Waals surface area contributed by atoms with Crippen LogP contribution in [0.5, 0.6) is 5.75 Å². The Morgan fingerprint density at radius 1 is 0.913 bits per heavy atom. The quantitative estimate of drug-likeness (QED) is 0.580. The number of ether oxygens (including phenoxy) is 1. The SMILES string of the molecule is C=C=CCc1ccc(-c2ccc(-c3ccc(OC)cc3)o2)cc1. The Morgan fingerprint density at radius 2 is 1.48 bits per heavy atom. The number of rotatable bonds is 5. The van der Waals surface area contributed by atoms with Gasteiger partial charge in [-0.3, -0.25) is 0 Å². The fraction of sp³-hybridized carbons (Fsp3) is 0.0952. The summed E-state index contributed by atoms with van der Waals surface area (Å²) in [4.78, 5) is 0. The highest BCUT2D eigenvalue weighted by molar-refractivity contribution is 5.65. The van der Waals surface area contributed by atoms with Crippen LogP contribution in [0.4, 0.5) is 0 Å². The van der Waals surface area contributed by atoms with Gasteiger partial charge in [0.25, 0.3) is 0 Å². The van der Waals surface area contributed by atoms with Crippen LogP contribution in [0.1, 0.15) is 5.56 Å². The van der Waals surface area contributed by atoms with Crippen molar-refractivity contribution in [1.29, 1.82) is 0 Å². The summed E-state index contributed by atoms with van der Waals surface area (Å²) in [5.74, 6) is 2.55. The van der Waals surface area contributed by atoms with Crippen LogP contribution in [-0.2, 0) is 6.42 Å². The Morgan fingerprint density at radius 3 is 2.00 bits per heavy atom. The third-order valence-electron chi connectivity index (χ3n) is 3.70. The molecule has 3 aromatic rings. The topological polar surface area (TPSA) is 22.4 Å². The van der Waals surface area contributed by atoms with Crippen LogP contribution in [-0.4, -0.2) is 7.11 Å². The van der Waals surface area contributed by atoms with Crippen LogP contribution in [0.25, 0.3) is 22.6 Å². The molecule has 0 saturated heterocycles. The molecule has 0 aliphatic carbocycles. The molecular weight excluding hydrogens is 284 g/mol. The molecule has 0 saturated carbocycles. The number of allylic oxidation sites excluding steroid dienone is 1. The molecule has 1 heterocycles. The molecule has 0 N–H and O–H groups in total. The zero-order valence-corrected chi connectivity index (χ0v) is 13.1. The molecule has 2 aromatic carbocycles. The minimum Gasteiger partial charge on any atom is -0.497 e. The standard InChI is InChI=1S/C21H18O2/c1-3-4-5-16-6-8-17(9-7-16)20-14-15-21(23-20)18-10-12-19(22-2)13-11-18/h4,6-15H,1,5H2,2H3. The summed E-state index contributed by atoms with van der Waals surface area (Å²) in [6, 6.07) is 20.2. The average molecular weight is 302 g/mol. The summed E-state index contributed by atoms with van der Waals surface area (Å²) < 4.78 is 11.2. The fourth-order valence-corrected chi connectivity index (χ4v) is 2.40. The lowest BCUT2D eigenvalue weighted by Crippen LogP contribution is -1.82. The van der Waals surface area contributed by atoms with Gasteiger partial charge < -0.3 is 9.15 Å². The van der Waals surface area contributed by atoms with Crippen LogP contribution in [0.3, 0.4) is 0 Å². The predicted octanol–water partition coefficient (Wildman–Crippen LogP) is 5.51. The minimum absolute atomic E-state index is 0.838. The van der Waals surface area contributed by atoms with Crippen molar-refractivity contribution in [1.82, 2.24) is 0 Å². The van der Waals surface area contributed by atoms with Gasteiger partial charge in [-0.25, -0.2) is 0 Å². The Kier molecular flexibility index (Phi) is 4.46. The lowest BCUT2D eigenvalue weighted by Gasteiger charge is -2.02. The molecule has 0 amide bonds. The molecule has 3 rings (SSSR count). The number of hydrogen-bond acceptors (Lipinski definition) is 2. The summed E-state index contributed by atoms with van der Waals surface area (Å²) >= 11 is 0. The van der Waals surface area contributed by atoms with Crippen LogP contribution in [0.2, 0.25) is 0 Å². The van der Waals surface area contributed by atoms with Gasteiger partial charge in [0.2, 0.25) is 0 Å². The van der Waals surface area contributed by atoms with Crippen molar-refractivity contribution >= 4 is 0 Å². The summed E-state index contributed by atoms with van der Waals surface area (Å²) in [6.45, 7) is 3.58. The molecule has 23 heavy (non-hydrogen) atoms. The lowest BCUT2D eigenvalue weighted by atomic mass is 10.1. The van der Waals surface area contributed by atoms with Crippen molar-refractivity contribution in [2.45, 2.75) is 6.42 Å². The summed E-state index contributed by atoms with van der Waals surface area (Å²) in [7, 11) is 1.66. The first-order valence-corrected chi connectivity index (χ1v) is 7.48. The second-order valence-electron chi connectivity index (χ2n) is 5.20. The lowest BCUT2D eigenvalue weighted by molar-refractivity contribution is 0.415. The van der Waals surface area contributed by atoms with Crippen molar-refractivity contribution in [2.24, 2.45) is 0 Å². The van der Waals surface area contributed by atoms with Crippen LogP contribution in [0.15, 0.2) is 83.5 Å². The highest BCUT2D eigenvalue weighted by Crippen LogP contribution is 2.29. The Labute approximate surface area is 136 Å². The number of methoxy groups -OCH3 is 1. The monoisotopic (exact) mass is 302 g/mol. The third-order valence-corrected chi connectivity index (χ3v) is 3.70.